The highest BCUT2D eigenvalue weighted by Crippen LogP contribution is 1.99. The molecule has 0 saturated carbocycles. The van der Waals surface area contributed by atoms with E-state index in [0.29, 0.717) is 39.6 Å². The molecule has 2 amide bonds. The summed E-state index contributed by atoms with van der Waals surface area (Å²) in [4.78, 5) is 22.1. The molecule has 0 fully saturated rings. The highest BCUT2D eigenvalue weighted by atomic mass is 19.1. The van der Waals surface area contributed by atoms with E-state index in [1.54, 1.807) is 0 Å². The smallest absolute Gasteiger partial charge is 0.246 e. The molecule has 198 valence electrons. The predicted octanol–water partition coefficient (Wildman–Crippen LogP) is 3.42. The van der Waals surface area contributed by atoms with E-state index >= 15 is 0 Å². The van der Waals surface area contributed by atoms with Crippen LogP contribution in [0.5, 0.6) is 0 Å². The maximum Gasteiger partial charge on any atom is 0.246 e. The largest absolute Gasteiger partial charge is 0.379 e. The molecule has 0 bridgehead atoms. The van der Waals surface area contributed by atoms with Gasteiger partial charge in [0.25, 0.3) is 0 Å². The van der Waals surface area contributed by atoms with Crippen molar-refractivity contribution in [1.29, 1.82) is 0 Å². The molecule has 0 aromatic carbocycles. The number of nitrogens with one attached hydrogen (secondary N) is 2. The Balaban J connectivity index is 0. The van der Waals surface area contributed by atoms with E-state index in [2.05, 4.69) is 10.6 Å². The fourth-order valence-electron chi connectivity index (χ4n) is 2.46. The lowest BCUT2D eigenvalue weighted by Gasteiger charge is -2.09. The second-order valence-corrected chi connectivity index (χ2v) is 7.67. The summed E-state index contributed by atoms with van der Waals surface area (Å²) in [6.45, 7) is 13.0. The van der Waals surface area contributed by atoms with Crippen molar-refractivity contribution in [3.63, 3.8) is 0 Å². The molecular formula is C24H49FN2O6. The third-order valence-electron chi connectivity index (χ3n) is 4.16. The molecule has 0 aliphatic carbocycles. The number of carbonyl (C=O) groups is 2. The molecule has 0 saturated heterocycles. The molecule has 0 heterocycles. The van der Waals surface area contributed by atoms with Crippen molar-refractivity contribution >= 4 is 11.8 Å². The van der Waals surface area contributed by atoms with E-state index in [0.717, 1.165) is 38.5 Å². The zero-order valence-electron chi connectivity index (χ0n) is 21.6. The molecule has 0 aromatic heterocycles. The average molecular weight is 481 g/mol. The Hall–Kier alpha value is -1.29. The van der Waals surface area contributed by atoms with Crippen LogP contribution in [0.1, 0.15) is 73.1 Å². The van der Waals surface area contributed by atoms with Crippen LogP contribution in [0.2, 0.25) is 0 Å². The van der Waals surface area contributed by atoms with Crippen LogP contribution < -0.4 is 10.6 Å². The Kier molecular flexibility index (Phi) is 27.7. The minimum Gasteiger partial charge on any atom is -0.379 e. The van der Waals surface area contributed by atoms with Gasteiger partial charge in [0.15, 0.2) is 0 Å². The first-order chi connectivity index (χ1) is 15.9. The third kappa shape index (κ3) is 30.7. The van der Waals surface area contributed by atoms with Gasteiger partial charge in [-0.3, -0.25) is 9.59 Å². The Labute approximate surface area is 200 Å². The molecular weight excluding hydrogens is 431 g/mol. The van der Waals surface area contributed by atoms with Crippen LogP contribution in [0.15, 0.2) is 0 Å². The van der Waals surface area contributed by atoms with Gasteiger partial charge in [-0.05, 0) is 52.4 Å². The van der Waals surface area contributed by atoms with Gasteiger partial charge < -0.3 is 29.6 Å². The van der Waals surface area contributed by atoms with Crippen molar-refractivity contribution in [2.45, 2.75) is 85.4 Å². The maximum absolute atomic E-state index is 13.3. The summed E-state index contributed by atoms with van der Waals surface area (Å²) in [6, 6.07) is 0. The number of alkyl halides is 1. The topological polar surface area (TPSA) is 95.1 Å². The van der Waals surface area contributed by atoms with E-state index in [4.69, 9.17) is 18.9 Å². The fourth-order valence-corrected chi connectivity index (χ4v) is 2.46. The average Bonchev–Trinajstić information content (AvgIpc) is 2.79. The summed E-state index contributed by atoms with van der Waals surface area (Å²) in [7, 11) is 0. The monoisotopic (exact) mass is 480 g/mol. The molecule has 0 radical (unpaired) electrons. The van der Waals surface area contributed by atoms with E-state index in [1.165, 1.54) is 6.92 Å². The van der Waals surface area contributed by atoms with Crippen LogP contribution in [0.4, 0.5) is 4.39 Å². The molecule has 0 aromatic rings. The minimum absolute atomic E-state index is 0.00212. The zero-order valence-corrected chi connectivity index (χ0v) is 21.6. The van der Waals surface area contributed by atoms with Crippen LogP contribution in [-0.2, 0) is 28.5 Å². The van der Waals surface area contributed by atoms with Gasteiger partial charge in [-0.25, -0.2) is 4.39 Å². The van der Waals surface area contributed by atoms with Gasteiger partial charge in [0.2, 0.25) is 11.8 Å². The van der Waals surface area contributed by atoms with Gasteiger partial charge in [-0.2, -0.15) is 0 Å². The van der Waals surface area contributed by atoms with Crippen molar-refractivity contribution in [1.82, 2.24) is 10.6 Å². The van der Waals surface area contributed by atoms with Crippen molar-refractivity contribution in [3.05, 3.63) is 0 Å². The van der Waals surface area contributed by atoms with E-state index < -0.39 is 6.17 Å². The summed E-state index contributed by atoms with van der Waals surface area (Å²) in [5, 5.41) is 5.26. The number of hydrogen-bond donors (Lipinski definition) is 2. The van der Waals surface area contributed by atoms with Gasteiger partial charge in [-0.15, -0.1) is 0 Å². The predicted molar refractivity (Wildman–Crippen MR) is 129 cm³/mol. The first-order valence-corrected chi connectivity index (χ1v) is 12.4. The highest BCUT2D eigenvalue weighted by Gasteiger charge is 2.06. The van der Waals surface area contributed by atoms with E-state index in [1.807, 2.05) is 27.7 Å². The highest BCUT2D eigenvalue weighted by molar-refractivity contribution is 5.77. The van der Waals surface area contributed by atoms with Gasteiger partial charge >= 0.3 is 0 Å². The number of amides is 2. The normalized spacial score (nSPS) is 11.6. The SMILES string of the molecule is CC.CC(=O)NCC(F)COCCCCCOCCOCCCCCNC(=O)COC(C)C. The fraction of sp³-hybridized carbons (Fsp3) is 0.917. The second-order valence-electron chi connectivity index (χ2n) is 7.67. The van der Waals surface area contributed by atoms with Gasteiger partial charge in [0.05, 0.1) is 32.5 Å². The summed E-state index contributed by atoms with van der Waals surface area (Å²) in [6.07, 6.45) is 4.55. The first kappa shape index (κ1) is 33.9. The molecule has 0 aliphatic heterocycles. The number of halogens is 1. The van der Waals surface area contributed by atoms with Gasteiger partial charge in [0, 0.05) is 33.3 Å². The number of ether oxygens (including phenoxy) is 4. The standard InChI is InChI=1S/C22H43FN2O6.C2H6/c1-19(2)31-18-22(27)24-10-6-4-7-11-28-14-15-29-12-8-5-9-13-30-17-21(23)16-25-20(3)26;1-2/h19,21H,4-18H2,1-3H3,(H,24,27)(H,25,26);1-2H3. The molecule has 33 heavy (non-hydrogen) atoms. The van der Waals surface area contributed by atoms with Gasteiger partial charge in [0.1, 0.15) is 12.8 Å². The van der Waals surface area contributed by atoms with Crippen molar-refractivity contribution in [2.75, 3.05) is 59.3 Å². The summed E-state index contributed by atoms with van der Waals surface area (Å²) < 4.78 is 34.9. The first-order valence-electron chi connectivity index (χ1n) is 12.4. The molecule has 2 N–H and O–H groups in total. The third-order valence-corrected chi connectivity index (χ3v) is 4.16. The number of unbranched alkanes of at least 4 members (excludes halogenated alkanes) is 4. The maximum atomic E-state index is 13.3. The molecule has 0 aliphatic rings. The Morgan fingerprint density at radius 2 is 1.33 bits per heavy atom. The zero-order chi connectivity index (χ0) is 25.2. The molecule has 8 nitrogen and oxygen atoms in total. The van der Waals surface area contributed by atoms with Crippen molar-refractivity contribution in [2.24, 2.45) is 0 Å². The quantitative estimate of drug-likeness (QED) is 0.231. The van der Waals surface area contributed by atoms with Crippen LogP contribution in [-0.4, -0.2) is 83.4 Å². The lowest BCUT2D eigenvalue weighted by Crippen LogP contribution is -2.30. The summed E-state index contributed by atoms with van der Waals surface area (Å²) in [5.74, 6) is -0.305. The van der Waals surface area contributed by atoms with Crippen LogP contribution in [0.25, 0.3) is 0 Å². The van der Waals surface area contributed by atoms with E-state index in [-0.39, 0.29) is 37.7 Å². The Morgan fingerprint density at radius 1 is 0.788 bits per heavy atom. The van der Waals surface area contributed by atoms with Crippen LogP contribution in [0.3, 0.4) is 0 Å². The second kappa shape index (κ2) is 27.0. The van der Waals surface area contributed by atoms with Crippen LogP contribution in [0, 0.1) is 0 Å². The van der Waals surface area contributed by atoms with Crippen molar-refractivity contribution in [3.8, 4) is 0 Å². The molecule has 1 unspecified atom stereocenters. The lowest BCUT2D eigenvalue weighted by atomic mass is 10.2. The Morgan fingerprint density at radius 3 is 1.88 bits per heavy atom. The number of carbonyl (C=O) groups excluding carboxylic acids is 2. The van der Waals surface area contributed by atoms with Crippen LogP contribution >= 0.6 is 0 Å². The molecule has 0 rings (SSSR count). The number of rotatable bonds is 22. The number of hydrogen-bond acceptors (Lipinski definition) is 6. The van der Waals surface area contributed by atoms with Gasteiger partial charge in [-0.1, -0.05) is 13.8 Å². The molecule has 0 spiro atoms. The lowest BCUT2D eigenvalue weighted by molar-refractivity contribution is -0.127. The Bertz CT molecular complexity index is 441. The minimum atomic E-state index is -1.16. The molecule has 1 atom stereocenters. The summed E-state index contributed by atoms with van der Waals surface area (Å²) in [5.41, 5.74) is 0. The summed E-state index contributed by atoms with van der Waals surface area (Å²) >= 11 is 0. The molecule has 9 heteroatoms. The van der Waals surface area contributed by atoms with Crippen molar-refractivity contribution < 1.29 is 32.9 Å². The van der Waals surface area contributed by atoms with E-state index in [9.17, 15) is 14.0 Å².